The van der Waals surface area contributed by atoms with Crippen LogP contribution in [0.3, 0.4) is 0 Å². The first-order valence-electron chi connectivity index (χ1n) is 7.51. The zero-order valence-electron chi connectivity index (χ0n) is 11.9. The van der Waals surface area contributed by atoms with Crippen LogP contribution in [0, 0.1) is 5.92 Å². The predicted molar refractivity (Wildman–Crippen MR) is 75.0 cm³/mol. The summed E-state index contributed by atoms with van der Waals surface area (Å²) in [6, 6.07) is 3.29. The van der Waals surface area contributed by atoms with Crippen molar-refractivity contribution in [2.24, 2.45) is 5.92 Å². The van der Waals surface area contributed by atoms with Gasteiger partial charge in [-0.25, -0.2) is 9.59 Å². The van der Waals surface area contributed by atoms with Crippen LogP contribution in [0.4, 0.5) is 4.79 Å². The lowest BCUT2D eigenvalue weighted by molar-refractivity contribution is 0.0660. The number of hydrogen-bond donors (Lipinski definition) is 2. The molecule has 0 aromatic carbocycles. The standard InChI is InChI=1S/C15H20N2O4/c18-14(19)13-6-5-11(21-13)9-16-15(20)17-8-7-10-3-1-2-4-12(10)17/h5-6,10,12H,1-4,7-9H2,(H,16,20)(H,18,19). The first-order valence-corrected chi connectivity index (χ1v) is 7.51. The summed E-state index contributed by atoms with van der Waals surface area (Å²) in [5, 5.41) is 11.6. The number of likely N-dealkylation sites (tertiary alicyclic amines) is 1. The molecule has 6 nitrogen and oxygen atoms in total. The molecule has 1 saturated carbocycles. The Morgan fingerprint density at radius 3 is 2.86 bits per heavy atom. The molecule has 6 heteroatoms. The Morgan fingerprint density at radius 1 is 1.29 bits per heavy atom. The molecule has 2 heterocycles. The van der Waals surface area contributed by atoms with Crippen molar-refractivity contribution in [3.8, 4) is 0 Å². The molecule has 1 aliphatic carbocycles. The summed E-state index contributed by atoms with van der Waals surface area (Å²) >= 11 is 0. The van der Waals surface area contributed by atoms with Gasteiger partial charge in [0.1, 0.15) is 5.76 Å². The number of amides is 2. The second-order valence-electron chi connectivity index (χ2n) is 5.82. The predicted octanol–water partition coefficient (Wildman–Crippen LogP) is 2.45. The van der Waals surface area contributed by atoms with Crippen LogP contribution in [0.25, 0.3) is 0 Å². The van der Waals surface area contributed by atoms with E-state index in [2.05, 4.69) is 5.32 Å². The molecule has 2 aliphatic rings. The molecular weight excluding hydrogens is 272 g/mol. The fraction of sp³-hybridized carbons (Fsp3) is 0.600. The highest BCUT2D eigenvalue weighted by Crippen LogP contribution is 2.36. The van der Waals surface area contributed by atoms with E-state index in [1.54, 1.807) is 6.07 Å². The van der Waals surface area contributed by atoms with Crippen LogP contribution in [0.15, 0.2) is 16.5 Å². The van der Waals surface area contributed by atoms with Crippen LogP contribution < -0.4 is 5.32 Å². The van der Waals surface area contributed by atoms with Gasteiger partial charge < -0.3 is 19.7 Å². The van der Waals surface area contributed by atoms with E-state index in [-0.39, 0.29) is 18.3 Å². The second kappa shape index (κ2) is 5.79. The molecule has 1 aromatic heterocycles. The number of hydrogen-bond acceptors (Lipinski definition) is 3. The van der Waals surface area contributed by atoms with Crippen molar-refractivity contribution in [1.82, 2.24) is 10.2 Å². The van der Waals surface area contributed by atoms with Gasteiger partial charge in [-0.05, 0) is 37.3 Å². The summed E-state index contributed by atoms with van der Waals surface area (Å²) in [6.07, 6.45) is 5.91. The number of carboxylic acid groups (broad SMARTS) is 1. The van der Waals surface area contributed by atoms with Gasteiger partial charge in [-0.15, -0.1) is 0 Å². The minimum atomic E-state index is -1.10. The number of carboxylic acids is 1. The normalized spacial score (nSPS) is 24.7. The number of carbonyl (C=O) groups is 2. The van der Waals surface area contributed by atoms with Crippen molar-refractivity contribution in [2.45, 2.75) is 44.7 Å². The van der Waals surface area contributed by atoms with E-state index in [1.807, 2.05) is 4.90 Å². The van der Waals surface area contributed by atoms with E-state index in [0.29, 0.717) is 17.7 Å². The lowest BCUT2D eigenvalue weighted by Gasteiger charge is -2.31. The quantitative estimate of drug-likeness (QED) is 0.896. The molecule has 2 unspecified atom stereocenters. The van der Waals surface area contributed by atoms with E-state index in [4.69, 9.17) is 9.52 Å². The lowest BCUT2D eigenvalue weighted by Crippen LogP contribution is -2.44. The van der Waals surface area contributed by atoms with Gasteiger partial charge in [-0.2, -0.15) is 0 Å². The zero-order chi connectivity index (χ0) is 14.8. The van der Waals surface area contributed by atoms with Crippen LogP contribution in [0.1, 0.15) is 48.4 Å². The van der Waals surface area contributed by atoms with Gasteiger partial charge in [0, 0.05) is 12.6 Å². The third kappa shape index (κ3) is 2.89. The molecule has 114 valence electrons. The van der Waals surface area contributed by atoms with Gasteiger partial charge in [0.15, 0.2) is 0 Å². The fourth-order valence-electron chi connectivity index (χ4n) is 3.51. The van der Waals surface area contributed by atoms with Crippen LogP contribution in [0.2, 0.25) is 0 Å². The monoisotopic (exact) mass is 292 g/mol. The fourth-order valence-corrected chi connectivity index (χ4v) is 3.51. The Balaban J connectivity index is 1.55. The van der Waals surface area contributed by atoms with E-state index < -0.39 is 5.97 Å². The number of nitrogens with zero attached hydrogens (tertiary/aromatic N) is 1. The molecule has 2 fully saturated rings. The van der Waals surface area contributed by atoms with E-state index in [9.17, 15) is 9.59 Å². The van der Waals surface area contributed by atoms with Crippen LogP contribution in [0.5, 0.6) is 0 Å². The maximum Gasteiger partial charge on any atom is 0.371 e. The number of rotatable bonds is 3. The maximum atomic E-state index is 12.3. The first kappa shape index (κ1) is 14.0. The van der Waals surface area contributed by atoms with E-state index in [1.165, 1.54) is 25.3 Å². The van der Waals surface area contributed by atoms with Crippen molar-refractivity contribution in [3.63, 3.8) is 0 Å². The Bertz CT molecular complexity index is 540. The molecule has 21 heavy (non-hydrogen) atoms. The Morgan fingerprint density at radius 2 is 2.10 bits per heavy atom. The number of carbonyl (C=O) groups excluding carboxylic acids is 1. The summed E-state index contributed by atoms with van der Waals surface area (Å²) in [7, 11) is 0. The van der Waals surface area contributed by atoms with Gasteiger partial charge in [0.05, 0.1) is 6.54 Å². The summed E-state index contributed by atoms with van der Waals surface area (Å²) < 4.78 is 5.13. The highest BCUT2D eigenvalue weighted by Gasteiger charge is 2.38. The topological polar surface area (TPSA) is 82.8 Å². The number of fused-ring (bicyclic) bond motifs is 1. The smallest absolute Gasteiger partial charge is 0.371 e. The number of aromatic carboxylic acids is 1. The maximum absolute atomic E-state index is 12.3. The minimum absolute atomic E-state index is 0.0716. The van der Waals surface area contributed by atoms with Crippen molar-refractivity contribution in [2.75, 3.05) is 6.54 Å². The van der Waals surface area contributed by atoms with Gasteiger partial charge in [-0.1, -0.05) is 12.8 Å². The second-order valence-corrected chi connectivity index (χ2v) is 5.82. The summed E-state index contributed by atoms with van der Waals surface area (Å²) in [6.45, 7) is 1.04. The highest BCUT2D eigenvalue weighted by molar-refractivity contribution is 5.84. The average molecular weight is 292 g/mol. The lowest BCUT2D eigenvalue weighted by atomic mass is 9.85. The van der Waals surface area contributed by atoms with E-state index in [0.717, 1.165) is 19.4 Å². The van der Waals surface area contributed by atoms with Crippen molar-refractivity contribution < 1.29 is 19.1 Å². The van der Waals surface area contributed by atoms with Crippen molar-refractivity contribution in [3.05, 3.63) is 23.7 Å². The minimum Gasteiger partial charge on any atom is -0.475 e. The van der Waals surface area contributed by atoms with Crippen LogP contribution >= 0.6 is 0 Å². The SMILES string of the molecule is O=C(O)c1ccc(CNC(=O)N2CCC3CCCCC32)o1. The number of furan rings is 1. The Labute approximate surface area is 123 Å². The molecular formula is C15H20N2O4. The molecule has 0 spiro atoms. The summed E-state index contributed by atoms with van der Waals surface area (Å²) in [5.41, 5.74) is 0. The van der Waals surface area contributed by atoms with Gasteiger partial charge in [0.25, 0.3) is 0 Å². The van der Waals surface area contributed by atoms with E-state index >= 15 is 0 Å². The van der Waals surface area contributed by atoms with Gasteiger partial charge in [-0.3, -0.25) is 0 Å². The molecule has 2 atom stereocenters. The number of urea groups is 1. The number of nitrogens with one attached hydrogen (secondary N) is 1. The average Bonchev–Trinajstić information content (AvgIpc) is 3.11. The van der Waals surface area contributed by atoms with Crippen LogP contribution in [-0.2, 0) is 6.54 Å². The Kier molecular flexibility index (Phi) is 3.86. The highest BCUT2D eigenvalue weighted by atomic mass is 16.4. The largest absolute Gasteiger partial charge is 0.475 e. The summed E-state index contributed by atoms with van der Waals surface area (Å²) in [5.74, 6) is -0.0863. The molecule has 0 radical (unpaired) electrons. The summed E-state index contributed by atoms with van der Waals surface area (Å²) in [4.78, 5) is 24.9. The Hall–Kier alpha value is -1.98. The van der Waals surface area contributed by atoms with Crippen molar-refractivity contribution >= 4 is 12.0 Å². The van der Waals surface area contributed by atoms with Crippen molar-refractivity contribution in [1.29, 1.82) is 0 Å². The first-order chi connectivity index (χ1) is 10.1. The third-order valence-electron chi connectivity index (χ3n) is 4.56. The third-order valence-corrected chi connectivity index (χ3v) is 4.56. The molecule has 1 aromatic rings. The molecule has 1 saturated heterocycles. The molecule has 1 aliphatic heterocycles. The van der Waals surface area contributed by atoms with Gasteiger partial charge >= 0.3 is 12.0 Å². The molecule has 0 bridgehead atoms. The van der Waals surface area contributed by atoms with Gasteiger partial charge in [0.2, 0.25) is 5.76 Å². The molecule has 2 amide bonds. The molecule has 3 rings (SSSR count). The zero-order valence-corrected chi connectivity index (χ0v) is 11.9. The van der Waals surface area contributed by atoms with Crippen LogP contribution in [-0.4, -0.2) is 34.6 Å². The molecule has 2 N–H and O–H groups in total.